The van der Waals surface area contributed by atoms with Crippen LogP contribution in [0.1, 0.15) is 5.56 Å². The number of pyridine rings is 1. The number of hydrogen-bond acceptors (Lipinski definition) is 1. The zero-order chi connectivity index (χ0) is 9.42. The normalized spacial score (nSPS) is 10.7. The zero-order valence-corrected chi connectivity index (χ0v) is 8.60. The highest BCUT2D eigenvalue weighted by atomic mass is 79.9. The van der Waals surface area contributed by atoms with E-state index < -0.39 is 0 Å². The number of aromatic nitrogens is 1. The highest BCUT2D eigenvalue weighted by molar-refractivity contribution is 9.10. The maximum Gasteiger partial charge on any atom is 0.147 e. The molecule has 0 N–H and O–H groups in total. The fraction of sp³-hybridized carbons (Fsp3) is 0.100. The summed E-state index contributed by atoms with van der Waals surface area (Å²) in [4.78, 5) is 3.88. The Balaban J connectivity index is 2.94. The van der Waals surface area contributed by atoms with Crippen LogP contribution in [0.5, 0.6) is 0 Å². The van der Waals surface area contributed by atoms with Crippen LogP contribution in [0.3, 0.4) is 0 Å². The fourth-order valence-electron chi connectivity index (χ4n) is 1.30. The fourth-order valence-corrected chi connectivity index (χ4v) is 1.63. The maximum absolute atomic E-state index is 13.6. The van der Waals surface area contributed by atoms with Crippen molar-refractivity contribution in [2.75, 3.05) is 0 Å². The Morgan fingerprint density at radius 3 is 3.00 bits per heavy atom. The smallest absolute Gasteiger partial charge is 0.147 e. The van der Waals surface area contributed by atoms with Gasteiger partial charge in [0.15, 0.2) is 0 Å². The Kier molecular flexibility index (Phi) is 2.04. The second-order valence-electron chi connectivity index (χ2n) is 2.92. The molecule has 0 saturated carbocycles. The summed E-state index contributed by atoms with van der Waals surface area (Å²) in [7, 11) is 0. The van der Waals surface area contributed by atoms with Crippen molar-refractivity contribution in [1.82, 2.24) is 4.98 Å². The van der Waals surface area contributed by atoms with Crippen LogP contribution in [0.15, 0.2) is 29.0 Å². The zero-order valence-electron chi connectivity index (χ0n) is 7.01. The molecule has 1 heterocycles. The SMILES string of the molecule is Cc1cc2ccncc2c(F)c1Br. The van der Waals surface area contributed by atoms with Crippen molar-refractivity contribution >= 4 is 26.7 Å². The molecule has 0 aliphatic rings. The molecule has 3 heteroatoms. The lowest BCUT2D eigenvalue weighted by Crippen LogP contribution is -1.86. The van der Waals surface area contributed by atoms with E-state index in [4.69, 9.17) is 0 Å². The lowest BCUT2D eigenvalue weighted by Gasteiger charge is -2.03. The molecule has 0 fully saturated rings. The Labute approximate surface area is 83.7 Å². The van der Waals surface area contributed by atoms with Crippen LogP contribution < -0.4 is 0 Å². The molecular formula is C10H7BrFN. The molecule has 1 aromatic heterocycles. The Bertz CT molecular complexity index is 468. The van der Waals surface area contributed by atoms with E-state index >= 15 is 0 Å². The first kappa shape index (κ1) is 8.63. The molecular weight excluding hydrogens is 233 g/mol. The molecule has 13 heavy (non-hydrogen) atoms. The molecule has 1 nitrogen and oxygen atoms in total. The van der Waals surface area contributed by atoms with Gasteiger partial charge < -0.3 is 0 Å². The van der Waals surface area contributed by atoms with Gasteiger partial charge in [-0.1, -0.05) is 0 Å². The van der Waals surface area contributed by atoms with Gasteiger partial charge in [0.05, 0.1) is 4.47 Å². The second-order valence-corrected chi connectivity index (χ2v) is 3.71. The monoisotopic (exact) mass is 239 g/mol. The number of aryl methyl sites for hydroxylation is 1. The molecule has 0 saturated heterocycles. The summed E-state index contributed by atoms with van der Waals surface area (Å²) in [5, 5.41) is 1.44. The molecule has 0 radical (unpaired) electrons. The first-order chi connectivity index (χ1) is 6.20. The molecule has 0 bridgehead atoms. The molecule has 66 valence electrons. The third-order valence-corrected chi connectivity index (χ3v) is 2.98. The number of nitrogens with zero attached hydrogens (tertiary/aromatic N) is 1. The summed E-state index contributed by atoms with van der Waals surface area (Å²) in [6.07, 6.45) is 3.20. The molecule has 1 aromatic carbocycles. The van der Waals surface area contributed by atoms with Crippen LogP contribution in [0.2, 0.25) is 0 Å². The summed E-state index contributed by atoms with van der Waals surface area (Å²) < 4.78 is 14.1. The first-order valence-corrected chi connectivity index (χ1v) is 4.68. The van der Waals surface area contributed by atoms with Crippen molar-refractivity contribution in [2.45, 2.75) is 6.92 Å². The summed E-state index contributed by atoms with van der Waals surface area (Å²) in [5.41, 5.74) is 0.899. The van der Waals surface area contributed by atoms with Gasteiger partial charge in [-0.15, -0.1) is 0 Å². The lowest BCUT2D eigenvalue weighted by atomic mass is 10.1. The van der Waals surface area contributed by atoms with E-state index in [2.05, 4.69) is 20.9 Å². The van der Waals surface area contributed by atoms with Gasteiger partial charge in [0.1, 0.15) is 5.82 Å². The van der Waals surface area contributed by atoms with E-state index in [1.807, 2.05) is 13.0 Å². The minimum atomic E-state index is -0.233. The van der Waals surface area contributed by atoms with Gasteiger partial charge in [0.25, 0.3) is 0 Å². The average Bonchev–Trinajstić information content (AvgIpc) is 2.15. The van der Waals surface area contributed by atoms with E-state index in [1.165, 1.54) is 6.20 Å². The van der Waals surface area contributed by atoms with E-state index in [9.17, 15) is 4.39 Å². The van der Waals surface area contributed by atoms with Gasteiger partial charge in [0, 0.05) is 17.8 Å². The van der Waals surface area contributed by atoms with Crippen LogP contribution >= 0.6 is 15.9 Å². The molecule has 2 aromatic rings. The third-order valence-electron chi connectivity index (χ3n) is 2.00. The maximum atomic E-state index is 13.6. The number of rotatable bonds is 0. The predicted molar refractivity (Wildman–Crippen MR) is 54.1 cm³/mol. The molecule has 0 aliphatic carbocycles. The Morgan fingerprint density at radius 2 is 2.23 bits per heavy atom. The van der Waals surface area contributed by atoms with E-state index in [1.54, 1.807) is 12.3 Å². The molecule has 0 atom stereocenters. The van der Waals surface area contributed by atoms with Crippen molar-refractivity contribution in [3.63, 3.8) is 0 Å². The molecule has 0 aliphatic heterocycles. The molecule has 2 rings (SSSR count). The van der Waals surface area contributed by atoms with Gasteiger partial charge in [-0.25, -0.2) is 4.39 Å². The molecule has 0 spiro atoms. The number of benzene rings is 1. The van der Waals surface area contributed by atoms with E-state index in [0.717, 1.165) is 10.9 Å². The topological polar surface area (TPSA) is 12.9 Å². The van der Waals surface area contributed by atoms with Crippen molar-refractivity contribution in [3.8, 4) is 0 Å². The van der Waals surface area contributed by atoms with Gasteiger partial charge in [0.2, 0.25) is 0 Å². The summed E-state index contributed by atoms with van der Waals surface area (Å²) in [6, 6.07) is 3.74. The number of fused-ring (bicyclic) bond motifs is 1. The van der Waals surface area contributed by atoms with Crippen LogP contribution in [-0.2, 0) is 0 Å². The Morgan fingerprint density at radius 1 is 1.46 bits per heavy atom. The molecule has 0 unspecified atom stereocenters. The van der Waals surface area contributed by atoms with E-state index in [0.29, 0.717) is 9.86 Å². The van der Waals surface area contributed by atoms with Crippen LogP contribution in [-0.4, -0.2) is 4.98 Å². The van der Waals surface area contributed by atoms with Crippen molar-refractivity contribution in [1.29, 1.82) is 0 Å². The quantitative estimate of drug-likeness (QED) is 0.687. The summed E-state index contributed by atoms with van der Waals surface area (Å²) >= 11 is 3.20. The van der Waals surface area contributed by atoms with Crippen molar-refractivity contribution in [3.05, 3.63) is 40.4 Å². The van der Waals surface area contributed by atoms with Crippen LogP contribution in [0.25, 0.3) is 10.8 Å². The summed E-state index contributed by atoms with van der Waals surface area (Å²) in [6.45, 7) is 1.87. The Hall–Kier alpha value is -0.960. The minimum Gasteiger partial charge on any atom is -0.264 e. The average molecular weight is 240 g/mol. The van der Waals surface area contributed by atoms with Gasteiger partial charge in [-0.3, -0.25) is 4.98 Å². The molecule has 0 amide bonds. The second kappa shape index (κ2) is 3.07. The van der Waals surface area contributed by atoms with Gasteiger partial charge >= 0.3 is 0 Å². The number of halogens is 2. The first-order valence-electron chi connectivity index (χ1n) is 3.88. The standard InChI is InChI=1S/C10H7BrFN/c1-6-4-7-2-3-13-5-8(7)10(12)9(6)11/h2-5H,1H3. The largest absolute Gasteiger partial charge is 0.264 e. The van der Waals surface area contributed by atoms with Crippen molar-refractivity contribution < 1.29 is 4.39 Å². The van der Waals surface area contributed by atoms with Crippen molar-refractivity contribution in [2.24, 2.45) is 0 Å². The van der Waals surface area contributed by atoms with Gasteiger partial charge in [-0.2, -0.15) is 0 Å². The lowest BCUT2D eigenvalue weighted by molar-refractivity contribution is 0.631. The predicted octanol–water partition coefficient (Wildman–Crippen LogP) is 3.44. The third kappa shape index (κ3) is 1.33. The summed E-state index contributed by atoms with van der Waals surface area (Å²) in [5.74, 6) is -0.233. The van der Waals surface area contributed by atoms with E-state index in [-0.39, 0.29) is 5.82 Å². The highest BCUT2D eigenvalue weighted by Gasteiger charge is 2.07. The number of hydrogen-bond donors (Lipinski definition) is 0. The van der Waals surface area contributed by atoms with Crippen LogP contribution in [0, 0.1) is 12.7 Å². The van der Waals surface area contributed by atoms with Crippen LogP contribution in [0.4, 0.5) is 4.39 Å². The highest BCUT2D eigenvalue weighted by Crippen LogP contribution is 2.27. The minimum absolute atomic E-state index is 0.233. The van der Waals surface area contributed by atoms with Gasteiger partial charge in [-0.05, 0) is 45.9 Å².